The Morgan fingerprint density at radius 2 is 1.79 bits per heavy atom. The fourth-order valence-electron chi connectivity index (χ4n) is 2.33. The summed E-state index contributed by atoms with van der Waals surface area (Å²) in [6.45, 7) is 0.155. The van der Waals surface area contributed by atoms with Crippen molar-refractivity contribution < 1.29 is 9.50 Å². The van der Waals surface area contributed by atoms with E-state index in [1.165, 1.54) is 12.1 Å². The van der Waals surface area contributed by atoms with Gasteiger partial charge in [-0.05, 0) is 47.9 Å². The van der Waals surface area contributed by atoms with Crippen LogP contribution in [0.25, 0.3) is 21.6 Å². The van der Waals surface area contributed by atoms with Crippen LogP contribution in [0.4, 0.5) is 4.39 Å². The van der Waals surface area contributed by atoms with E-state index in [0.29, 0.717) is 12.8 Å². The van der Waals surface area contributed by atoms with Crippen LogP contribution >= 0.6 is 11.3 Å². The van der Waals surface area contributed by atoms with Gasteiger partial charge >= 0.3 is 0 Å². The lowest BCUT2D eigenvalue weighted by Crippen LogP contribution is -1.80. The highest BCUT2D eigenvalue weighted by atomic mass is 32.1. The van der Waals surface area contributed by atoms with E-state index < -0.39 is 0 Å². The van der Waals surface area contributed by atoms with Crippen LogP contribution in [0, 0.1) is 17.7 Å². The SMILES string of the molecule is OCCCC#Cc1cc(-c2ccncc2)c(-c2ccc(F)cc2)s1. The fraction of sp³-hybridized carbons (Fsp3) is 0.150. The van der Waals surface area contributed by atoms with E-state index in [2.05, 4.69) is 22.9 Å². The monoisotopic (exact) mass is 337 g/mol. The zero-order valence-electron chi connectivity index (χ0n) is 13.0. The number of aliphatic hydroxyl groups excluding tert-OH is 1. The Balaban J connectivity index is 2.03. The van der Waals surface area contributed by atoms with Gasteiger partial charge in [-0.1, -0.05) is 24.0 Å². The maximum absolute atomic E-state index is 13.2. The number of aromatic nitrogens is 1. The van der Waals surface area contributed by atoms with Crippen LogP contribution in [-0.2, 0) is 0 Å². The first-order valence-corrected chi connectivity index (χ1v) is 8.49. The normalized spacial score (nSPS) is 10.2. The van der Waals surface area contributed by atoms with Crippen LogP contribution in [-0.4, -0.2) is 16.7 Å². The first-order valence-electron chi connectivity index (χ1n) is 7.68. The van der Waals surface area contributed by atoms with Crippen LogP contribution in [0.15, 0.2) is 54.9 Å². The Morgan fingerprint density at radius 1 is 1.04 bits per heavy atom. The van der Waals surface area contributed by atoms with E-state index >= 15 is 0 Å². The lowest BCUT2D eigenvalue weighted by atomic mass is 10.0. The minimum atomic E-state index is -0.246. The van der Waals surface area contributed by atoms with Gasteiger partial charge in [0.2, 0.25) is 0 Å². The van der Waals surface area contributed by atoms with Gasteiger partial charge in [-0.3, -0.25) is 4.98 Å². The van der Waals surface area contributed by atoms with Gasteiger partial charge in [0.1, 0.15) is 5.82 Å². The number of pyridine rings is 1. The van der Waals surface area contributed by atoms with Crippen LogP contribution in [0.3, 0.4) is 0 Å². The van der Waals surface area contributed by atoms with Gasteiger partial charge in [-0.2, -0.15) is 0 Å². The molecule has 0 atom stereocenters. The number of nitrogens with zero attached hydrogens (tertiary/aromatic N) is 1. The van der Waals surface area contributed by atoms with Crippen molar-refractivity contribution in [3.63, 3.8) is 0 Å². The molecular formula is C20H16FNOS. The highest BCUT2D eigenvalue weighted by Crippen LogP contribution is 2.39. The molecule has 2 aromatic heterocycles. The zero-order chi connectivity index (χ0) is 16.8. The molecule has 0 fully saturated rings. The molecule has 0 saturated carbocycles. The number of rotatable bonds is 4. The second-order valence-corrected chi connectivity index (χ2v) is 6.28. The smallest absolute Gasteiger partial charge is 0.123 e. The first kappa shape index (κ1) is 16.4. The molecule has 1 N–H and O–H groups in total. The van der Waals surface area contributed by atoms with Crippen molar-refractivity contribution in [1.82, 2.24) is 4.98 Å². The molecule has 0 bridgehead atoms. The summed E-state index contributed by atoms with van der Waals surface area (Å²) in [4.78, 5) is 6.08. The highest BCUT2D eigenvalue weighted by molar-refractivity contribution is 7.16. The predicted octanol–water partition coefficient (Wildman–Crippen LogP) is 4.74. The average Bonchev–Trinajstić information content (AvgIpc) is 3.04. The van der Waals surface area contributed by atoms with Crippen LogP contribution in [0.5, 0.6) is 0 Å². The number of aliphatic hydroxyl groups is 1. The third kappa shape index (κ3) is 3.88. The lowest BCUT2D eigenvalue weighted by molar-refractivity contribution is 0.290. The van der Waals surface area contributed by atoms with Gasteiger partial charge in [0.05, 0.1) is 4.88 Å². The lowest BCUT2D eigenvalue weighted by Gasteiger charge is -2.03. The molecule has 0 aliphatic rings. The molecule has 0 radical (unpaired) electrons. The molecule has 24 heavy (non-hydrogen) atoms. The van der Waals surface area contributed by atoms with Crippen LogP contribution in [0.1, 0.15) is 17.7 Å². The summed E-state index contributed by atoms with van der Waals surface area (Å²) in [5.41, 5.74) is 3.10. The summed E-state index contributed by atoms with van der Waals surface area (Å²) in [6.07, 6.45) is 4.87. The summed E-state index contributed by atoms with van der Waals surface area (Å²) in [5.74, 6) is 6.00. The molecular weight excluding hydrogens is 321 g/mol. The standard InChI is InChI=1S/C20H16FNOS/c21-17-7-5-16(6-8-17)20-19(15-9-11-22-12-10-15)14-18(24-20)4-2-1-3-13-23/h5-12,14,23H,1,3,13H2. The second-order valence-electron chi connectivity index (χ2n) is 5.23. The molecule has 120 valence electrons. The molecule has 1 aromatic carbocycles. The molecule has 0 amide bonds. The Bertz CT molecular complexity index is 860. The third-order valence-corrected chi connectivity index (χ3v) is 4.60. The molecule has 4 heteroatoms. The van der Waals surface area contributed by atoms with Crippen molar-refractivity contribution in [2.45, 2.75) is 12.8 Å². The minimum absolute atomic E-state index is 0.155. The van der Waals surface area contributed by atoms with Crippen molar-refractivity contribution in [2.75, 3.05) is 6.61 Å². The molecule has 3 rings (SSSR count). The zero-order valence-corrected chi connectivity index (χ0v) is 13.8. The van der Waals surface area contributed by atoms with Crippen molar-refractivity contribution in [1.29, 1.82) is 0 Å². The largest absolute Gasteiger partial charge is 0.396 e. The number of unbranched alkanes of at least 4 members (excludes halogenated alkanes) is 1. The second kappa shape index (κ2) is 7.87. The predicted molar refractivity (Wildman–Crippen MR) is 96.1 cm³/mol. The van der Waals surface area contributed by atoms with Gasteiger partial charge in [-0.15, -0.1) is 11.3 Å². The number of halogens is 1. The molecule has 2 nitrogen and oxygen atoms in total. The van der Waals surface area contributed by atoms with E-state index in [0.717, 1.165) is 26.4 Å². The summed E-state index contributed by atoms with van der Waals surface area (Å²) in [5, 5.41) is 8.83. The maximum Gasteiger partial charge on any atom is 0.123 e. The van der Waals surface area contributed by atoms with E-state index in [4.69, 9.17) is 5.11 Å². The van der Waals surface area contributed by atoms with Crippen molar-refractivity contribution >= 4 is 11.3 Å². The van der Waals surface area contributed by atoms with Gasteiger partial charge in [0.25, 0.3) is 0 Å². The average molecular weight is 337 g/mol. The minimum Gasteiger partial charge on any atom is -0.396 e. The quantitative estimate of drug-likeness (QED) is 0.551. The first-order chi connectivity index (χ1) is 11.8. The Hall–Kier alpha value is -2.48. The van der Waals surface area contributed by atoms with Gasteiger partial charge in [0, 0.05) is 35.9 Å². The van der Waals surface area contributed by atoms with Crippen molar-refractivity contribution in [2.24, 2.45) is 0 Å². The molecule has 0 spiro atoms. The highest BCUT2D eigenvalue weighted by Gasteiger charge is 2.12. The summed E-state index contributed by atoms with van der Waals surface area (Å²) in [6, 6.07) is 12.5. The van der Waals surface area contributed by atoms with Crippen LogP contribution < -0.4 is 0 Å². The summed E-state index contributed by atoms with van der Waals surface area (Å²) >= 11 is 1.59. The van der Waals surface area contributed by atoms with E-state index in [1.54, 1.807) is 35.9 Å². The van der Waals surface area contributed by atoms with Crippen molar-refractivity contribution in [3.8, 4) is 33.4 Å². The van der Waals surface area contributed by atoms with Gasteiger partial charge < -0.3 is 5.11 Å². The number of benzene rings is 1. The molecule has 0 aliphatic carbocycles. The van der Waals surface area contributed by atoms with Gasteiger partial charge in [-0.25, -0.2) is 4.39 Å². The van der Waals surface area contributed by atoms with Gasteiger partial charge in [0.15, 0.2) is 0 Å². The summed E-state index contributed by atoms with van der Waals surface area (Å²) < 4.78 is 13.2. The molecule has 0 unspecified atom stereocenters. The number of thiophene rings is 1. The Labute approximate surface area is 144 Å². The van der Waals surface area contributed by atoms with E-state index in [-0.39, 0.29) is 12.4 Å². The molecule has 3 aromatic rings. The van der Waals surface area contributed by atoms with Crippen LogP contribution in [0.2, 0.25) is 0 Å². The maximum atomic E-state index is 13.2. The topological polar surface area (TPSA) is 33.1 Å². The fourth-order valence-corrected chi connectivity index (χ4v) is 3.39. The Morgan fingerprint density at radius 3 is 2.50 bits per heavy atom. The summed E-state index contributed by atoms with van der Waals surface area (Å²) in [7, 11) is 0. The molecule has 0 saturated heterocycles. The molecule has 0 aliphatic heterocycles. The number of hydrogen-bond acceptors (Lipinski definition) is 3. The van der Waals surface area contributed by atoms with E-state index in [1.807, 2.05) is 12.1 Å². The number of hydrogen-bond donors (Lipinski definition) is 1. The molecule has 2 heterocycles. The van der Waals surface area contributed by atoms with Crippen molar-refractivity contribution in [3.05, 3.63) is 65.6 Å². The van der Waals surface area contributed by atoms with E-state index in [9.17, 15) is 4.39 Å². The Kier molecular flexibility index (Phi) is 5.37. The third-order valence-electron chi connectivity index (χ3n) is 3.50.